The van der Waals surface area contributed by atoms with E-state index < -0.39 is 52.4 Å². The van der Waals surface area contributed by atoms with E-state index in [0.29, 0.717) is 24.8 Å². The summed E-state index contributed by atoms with van der Waals surface area (Å²) in [5, 5.41) is 32.0. The fourth-order valence-corrected chi connectivity index (χ4v) is 7.26. The Morgan fingerprint density at radius 1 is 1.32 bits per heavy atom. The highest BCUT2D eigenvalue weighted by atomic mass is 19.1. The normalized spacial score (nSPS) is 52.5. The van der Waals surface area contributed by atoms with Crippen LogP contribution in [0.4, 0.5) is 4.39 Å². The molecule has 5 nitrogen and oxygen atoms in total. The summed E-state index contributed by atoms with van der Waals surface area (Å²) in [5.74, 6) is -2.12. The Balaban J connectivity index is 1.84. The summed E-state index contributed by atoms with van der Waals surface area (Å²) in [5.41, 5.74) is -5.17. The van der Waals surface area contributed by atoms with Crippen LogP contribution in [0.1, 0.15) is 46.5 Å². The molecule has 3 saturated carbocycles. The van der Waals surface area contributed by atoms with E-state index >= 15 is 4.39 Å². The summed E-state index contributed by atoms with van der Waals surface area (Å²) in [6.45, 7) is 4.48. The maximum absolute atomic E-state index is 16.9. The van der Waals surface area contributed by atoms with Crippen LogP contribution in [-0.4, -0.2) is 50.9 Å². The molecule has 0 heterocycles. The van der Waals surface area contributed by atoms with Crippen LogP contribution < -0.4 is 0 Å². The van der Waals surface area contributed by atoms with Crippen LogP contribution in [0, 0.1) is 28.6 Å². The van der Waals surface area contributed by atoms with Gasteiger partial charge in [0.2, 0.25) is 0 Å². The van der Waals surface area contributed by atoms with Crippen molar-refractivity contribution in [2.45, 2.75) is 63.8 Å². The molecule has 0 aromatic rings. The maximum atomic E-state index is 16.9. The molecule has 28 heavy (non-hydrogen) atoms. The number of aliphatic hydroxyl groups is 3. The molecule has 6 heteroatoms. The molecular formula is C22H29FO5. The molecule has 154 valence electrons. The Morgan fingerprint density at radius 2 is 2.00 bits per heavy atom. The number of fused-ring (bicyclic) bond motifs is 5. The van der Waals surface area contributed by atoms with Gasteiger partial charge in [-0.1, -0.05) is 25.5 Å². The number of aliphatic hydroxyl groups excluding tert-OH is 2. The molecule has 4 rings (SSSR count). The van der Waals surface area contributed by atoms with E-state index in [-0.39, 0.29) is 18.1 Å². The van der Waals surface area contributed by atoms with Crippen molar-refractivity contribution in [3.8, 4) is 0 Å². The Labute approximate surface area is 164 Å². The molecule has 0 aromatic carbocycles. The summed E-state index contributed by atoms with van der Waals surface area (Å²) in [7, 11) is 0. The van der Waals surface area contributed by atoms with Crippen LogP contribution in [-0.2, 0) is 9.59 Å². The standard InChI is InChI=1S/C22H29FO5/c1-12-8-16-15-5-4-13-9-14(25)6-7-19(13,2)21(15,23)17(26)10-20(16,3)22(12,28)18(27)11-24/h6-7,9,12,15-17,24,26,28H,4-5,8,10-11H2,1-3H3/t12-,15?,16?,17+,19?,20?,21+,22?/m1/s1. The number of rotatable bonds is 2. The van der Waals surface area contributed by atoms with E-state index in [1.165, 1.54) is 12.2 Å². The number of Topliss-reactive ketones (excluding diaryl/α,β-unsaturated/α-hetero) is 1. The minimum atomic E-state index is -1.98. The third-order valence-electron chi connectivity index (χ3n) is 8.79. The van der Waals surface area contributed by atoms with E-state index in [9.17, 15) is 24.9 Å². The van der Waals surface area contributed by atoms with Crippen molar-refractivity contribution in [2.24, 2.45) is 28.6 Å². The maximum Gasteiger partial charge on any atom is 0.190 e. The van der Waals surface area contributed by atoms with E-state index in [0.717, 1.165) is 0 Å². The number of halogens is 1. The number of carbonyl (C=O) groups excluding carboxylic acids is 2. The first-order chi connectivity index (χ1) is 13.0. The van der Waals surface area contributed by atoms with Gasteiger partial charge in [-0.3, -0.25) is 9.59 Å². The Morgan fingerprint density at radius 3 is 2.64 bits per heavy atom. The van der Waals surface area contributed by atoms with Crippen molar-refractivity contribution >= 4 is 11.6 Å². The molecule has 8 atom stereocenters. The summed E-state index contributed by atoms with van der Waals surface area (Å²) >= 11 is 0. The van der Waals surface area contributed by atoms with Crippen molar-refractivity contribution in [2.75, 3.05) is 6.61 Å². The van der Waals surface area contributed by atoms with E-state index in [1.54, 1.807) is 26.8 Å². The van der Waals surface area contributed by atoms with Crippen LogP contribution in [0.2, 0.25) is 0 Å². The monoisotopic (exact) mass is 392 g/mol. The zero-order chi connectivity index (χ0) is 20.7. The molecule has 0 aliphatic heterocycles. The first-order valence-corrected chi connectivity index (χ1v) is 10.1. The minimum Gasteiger partial charge on any atom is -0.390 e. The minimum absolute atomic E-state index is 0.0676. The van der Waals surface area contributed by atoms with Gasteiger partial charge in [-0.2, -0.15) is 0 Å². The van der Waals surface area contributed by atoms with Gasteiger partial charge in [0.1, 0.15) is 12.2 Å². The lowest BCUT2D eigenvalue weighted by atomic mass is 9.44. The average Bonchev–Trinajstić information content (AvgIpc) is 2.84. The molecule has 4 aliphatic rings. The molecule has 0 amide bonds. The molecule has 0 radical (unpaired) electrons. The molecule has 5 unspecified atom stereocenters. The third-order valence-corrected chi connectivity index (χ3v) is 8.79. The molecule has 0 saturated heterocycles. The van der Waals surface area contributed by atoms with Gasteiger partial charge in [0.05, 0.1) is 6.10 Å². The molecule has 3 fully saturated rings. The highest BCUT2D eigenvalue weighted by molar-refractivity contribution is 6.01. The second-order valence-corrected chi connectivity index (χ2v) is 9.75. The van der Waals surface area contributed by atoms with Crippen molar-refractivity contribution in [1.29, 1.82) is 0 Å². The van der Waals surface area contributed by atoms with Gasteiger partial charge in [0.15, 0.2) is 17.2 Å². The van der Waals surface area contributed by atoms with Gasteiger partial charge < -0.3 is 15.3 Å². The van der Waals surface area contributed by atoms with Gasteiger partial charge in [-0.25, -0.2) is 4.39 Å². The van der Waals surface area contributed by atoms with Crippen molar-refractivity contribution < 1.29 is 29.3 Å². The quantitative estimate of drug-likeness (QED) is 0.667. The third kappa shape index (κ3) is 2.01. The Kier molecular flexibility index (Phi) is 4.15. The largest absolute Gasteiger partial charge is 0.390 e. The second kappa shape index (κ2) is 5.83. The number of alkyl halides is 1. The highest BCUT2D eigenvalue weighted by Crippen LogP contribution is 2.70. The molecular weight excluding hydrogens is 363 g/mol. The van der Waals surface area contributed by atoms with Crippen molar-refractivity contribution in [3.05, 3.63) is 23.8 Å². The molecule has 0 aromatic heterocycles. The van der Waals surface area contributed by atoms with Gasteiger partial charge in [0, 0.05) is 16.7 Å². The Hall–Kier alpha value is -1.37. The van der Waals surface area contributed by atoms with Crippen LogP contribution >= 0.6 is 0 Å². The average molecular weight is 392 g/mol. The van der Waals surface area contributed by atoms with E-state index in [1.807, 2.05) is 0 Å². The summed E-state index contributed by atoms with van der Waals surface area (Å²) < 4.78 is 16.9. The van der Waals surface area contributed by atoms with Crippen molar-refractivity contribution in [3.63, 3.8) is 0 Å². The topological polar surface area (TPSA) is 94.8 Å². The number of ketones is 2. The lowest BCUT2D eigenvalue weighted by Gasteiger charge is -2.62. The van der Waals surface area contributed by atoms with E-state index in [4.69, 9.17) is 0 Å². The fourth-order valence-electron chi connectivity index (χ4n) is 7.26. The summed E-state index contributed by atoms with van der Waals surface area (Å²) in [6, 6.07) is 0. The highest BCUT2D eigenvalue weighted by Gasteiger charge is 2.75. The molecule has 0 bridgehead atoms. The van der Waals surface area contributed by atoms with Gasteiger partial charge in [0.25, 0.3) is 0 Å². The van der Waals surface area contributed by atoms with Gasteiger partial charge in [-0.15, -0.1) is 0 Å². The summed E-state index contributed by atoms with van der Waals surface area (Å²) in [4.78, 5) is 24.4. The first-order valence-electron chi connectivity index (χ1n) is 10.1. The zero-order valence-corrected chi connectivity index (χ0v) is 16.6. The first kappa shape index (κ1) is 19.9. The fraction of sp³-hybridized carbons (Fsp3) is 0.727. The van der Waals surface area contributed by atoms with Gasteiger partial charge >= 0.3 is 0 Å². The second-order valence-electron chi connectivity index (χ2n) is 9.75. The number of hydrogen-bond donors (Lipinski definition) is 3. The van der Waals surface area contributed by atoms with Gasteiger partial charge in [-0.05, 0) is 56.6 Å². The number of hydrogen-bond acceptors (Lipinski definition) is 5. The lowest BCUT2D eigenvalue weighted by Crippen LogP contribution is -2.69. The smallest absolute Gasteiger partial charge is 0.190 e. The predicted molar refractivity (Wildman–Crippen MR) is 99.9 cm³/mol. The van der Waals surface area contributed by atoms with Crippen molar-refractivity contribution in [1.82, 2.24) is 0 Å². The number of carbonyl (C=O) groups is 2. The Bertz CT molecular complexity index is 805. The SMILES string of the molecule is C[C@@H]1CC2C3CCC4=CC(=O)C=CC4(C)[C@@]3(F)[C@@H](O)CC2(C)C1(O)C(=O)CO. The molecule has 0 spiro atoms. The molecule has 4 aliphatic carbocycles. The van der Waals surface area contributed by atoms with Crippen LogP contribution in [0.25, 0.3) is 0 Å². The molecule has 3 N–H and O–H groups in total. The van der Waals surface area contributed by atoms with Crippen LogP contribution in [0.15, 0.2) is 23.8 Å². The van der Waals surface area contributed by atoms with Crippen LogP contribution in [0.5, 0.6) is 0 Å². The van der Waals surface area contributed by atoms with Crippen LogP contribution in [0.3, 0.4) is 0 Å². The predicted octanol–water partition coefficient (Wildman–Crippen LogP) is 1.90. The number of allylic oxidation sites excluding steroid dienone is 4. The zero-order valence-electron chi connectivity index (χ0n) is 16.6. The lowest BCUT2D eigenvalue weighted by molar-refractivity contribution is -0.219. The summed E-state index contributed by atoms with van der Waals surface area (Å²) in [6.07, 6.45) is 4.44. The van der Waals surface area contributed by atoms with E-state index in [2.05, 4.69) is 0 Å².